The summed E-state index contributed by atoms with van der Waals surface area (Å²) in [7, 11) is 0. The molecule has 0 spiro atoms. The molecule has 0 saturated heterocycles. The summed E-state index contributed by atoms with van der Waals surface area (Å²) < 4.78 is 5.18. The normalized spacial score (nSPS) is 15.0. The standard InChI is InChI=1S/C59H41NS/c1-59(2)52-27-11-8-20-41(52)42-31-30-36(35-53(42)59)50-33-38(34-51-44-22-10-13-29-55(44)61-58(50)51)49-32-37-16-14-24-46(56(37)45-23-7-6-19-40(45)49)48-26-15-25-47-43-21-9-12-28-54(43)60(57(47)48)39-17-4-3-5-18-39/h3-31,33-35,49H,32H2,1-2H3. The van der Waals surface area contributed by atoms with Crippen molar-refractivity contribution in [1.82, 2.24) is 4.57 Å². The first kappa shape index (κ1) is 34.8. The fraction of sp³-hybridized carbons (Fsp3) is 0.0847. The first-order chi connectivity index (χ1) is 30.0. The number of thiophene rings is 1. The highest BCUT2D eigenvalue weighted by molar-refractivity contribution is 7.26. The van der Waals surface area contributed by atoms with Crippen molar-refractivity contribution in [1.29, 1.82) is 0 Å². The number of hydrogen-bond donors (Lipinski definition) is 0. The fourth-order valence-electron chi connectivity index (χ4n) is 11.2. The van der Waals surface area contributed by atoms with E-state index in [4.69, 9.17) is 0 Å². The van der Waals surface area contributed by atoms with Crippen LogP contribution in [0.1, 0.15) is 47.6 Å². The van der Waals surface area contributed by atoms with Gasteiger partial charge in [0.2, 0.25) is 0 Å². The van der Waals surface area contributed by atoms with Gasteiger partial charge < -0.3 is 4.57 Å². The first-order valence-electron chi connectivity index (χ1n) is 21.5. The highest BCUT2D eigenvalue weighted by atomic mass is 32.1. The smallest absolute Gasteiger partial charge is 0.0619 e. The number of para-hydroxylation sites is 3. The summed E-state index contributed by atoms with van der Waals surface area (Å²) in [5, 5.41) is 5.25. The summed E-state index contributed by atoms with van der Waals surface area (Å²) >= 11 is 1.93. The van der Waals surface area contributed by atoms with E-state index in [-0.39, 0.29) is 11.3 Å². The van der Waals surface area contributed by atoms with Crippen molar-refractivity contribution in [3.05, 3.63) is 222 Å². The van der Waals surface area contributed by atoms with Crippen LogP contribution in [0.4, 0.5) is 0 Å². The van der Waals surface area contributed by atoms with Crippen LogP contribution in [0.25, 0.3) is 92.2 Å². The van der Waals surface area contributed by atoms with Crippen LogP contribution < -0.4 is 0 Å². The second kappa shape index (κ2) is 13.0. The Kier molecular flexibility index (Phi) is 7.42. The van der Waals surface area contributed by atoms with E-state index in [1.54, 1.807) is 0 Å². The molecular formula is C59H41NS. The third kappa shape index (κ3) is 5.00. The average Bonchev–Trinajstić information content (AvgIpc) is 3.94. The number of nitrogens with zero attached hydrogens (tertiary/aromatic N) is 1. The zero-order chi connectivity index (χ0) is 40.4. The number of hydrogen-bond acceptors (Lipinski definition) is 1. The lowest BCUT2D eigenvalue weighted by molar-refractivity contribution is 0.660. The molecule has 288 valence electrons. The summed E-state index contributed by atoms with van der Waals surface area (Å²) in [6, 6.07) is 73.1. The SMILES string of the molecule is CC1(C)c2ccccc2-c2ccc(-c3cc(C4Cc5cccc(-c6cccc7c8ccccc8n(-c8ccccc8)c67)c5-c5ccccc54)cc4c3sc3ccccc34)cc21. The molecule has 13 rings (SSSR count). The van der Waals surface area contributed by atoms with Crippen molar-refractivity contribution < 1.29 is 0 Å². The second-order valence-corrected chi connectivity index (χ2v) is 18.6. The molecule has 0 amide bonds. The van der Waals surface area contributed by atoms with Crippen LogP contribution in [0.2, 0.25) is 0 Å². The zero-order valence-electron chi connectivity index (χ0n) is 34.1. The first-order valence-corrected chi connectivity index (χ1v) is 22.3. The van der Waals surface area contributed by atoms with Crippen molar-refractivity contribution in [2.24, 2.45) is 0 Å². The minimum Gasteiger partial charge on any atom is -0.309 e. The Balaban J connectivity index is 1.01. The molecule has 9 aromatic carbocycles. The van der Waals surface area contributed by atoms with E-state index in [1.165, 1.54) is 120 Å². The van der Waals surface area contributed by atoms with Gasteiger partial charge in [-0.2, -0.15) is 0 Å². The summed E-state index contributed by atoms with van der Waals surface area (Å²) in [5.41, 5.74) is 21.2. The van der Waals surface area contributed by atoms with Gasteiger partial charge in [0.15, 0.2) is 0 Å². The molecule has 61 heavy (non-hydrogen) atoms. The number of fused-ring (bicyclic) bond motifs is 12. The van der Waals surface area contributed by atoms with Crippen molar-refractivity contribution in [3.8, 4) is 50.2 Å². The lowest BCUT2D eigenvalue weighted by Crippen LogP contribution is -2.15. The van der Waals surface area contributed by atoms with Gasteiger partial charge in [0.1, 0.15) is 0 Å². The topological polar surface area (TPSA) is 4.93 Å². The number of aromatic nitrogens is 1. The van der Waals surface area contributed by atoms with E-state index in [0.29, 0.717) is 0 Å². The second-order valence-electron chi connectivity index (χ2n) is 17.5. The Morgan fingerprint density at radius 3 is 2.08 bits per heavy atom. The minimum atomic E-state index is -0.0671. The molecule has 2 aliphatic rings. The largest absolute Gasteiger partial charge is 0.309 e. The Morgan fingerprint density at radius 1 is 0.492 bits per heavy atom. The Labute approximate surface area is 359 Å². The predicted octanol–water partition coefficient (Wildman–Crippen LogP) is 16.1. The monoisotopic (exact) mass is 795 g/mol. The van der Waals surface area contributed by atoms with Gasteiger partial charge in [-0.15, -0.1) is 11.3 Å². The molecule has 0 fully saturated rings. The summed E-state index contributed by atoms with van der Waals surface area (Å²) in [4.78, 5) is 0. The van der Waals surface area contributed by atoms with Crippen LogP contribution in [0.15, 0.2) is 194 Å². The van der Waals surface area contributed by atoms with E-state index in [0.717, 1.165) is 6.42 Å². The quantitative estimate of drug-likeness (QED) is 0.167. The third-order valence-electron chi connectivity index (χ3n) is 14.0. The third-order valence-corrected chi connectivity index (χ3v) is 15.2. The van der Waals surface area contributed by atoms with Crippen molar-refractivity contribution >= 4 is 53.3 Å². The zero-order valence-corrected chi connectivity index (χ0v) is 34.9. The number of rotatable bonds is 4. The number of benzene rings is 9. The minimum absolute atomic E-state index is 0.0671. The molecule has 0 saturated carbocycles. The van der Waals surface area contributed by atoms with Crippen LogP contribution in [0.5, 0.6) is 0 Å². The fourth-order valence-corrected chi connectivity index (χ4v) is 12.4. The van der Waals surface area contributed by atoms with Crippen LogP contribution in [-0.2, 0) is 11.8 Å². The lowest BCUT2D eigenvalue weighted by atomic mass is 9.73. The van der Waals surface area contributed by atoms with E-state index >= 15 is 0 Å². The highest BCUT2D eigenvalue weighted by Crippen LogP contribution is 2.53. The molecule has 0 aliphatic heterocycles. The molecule has 2 aliphatic carbocycles. The molecule has 0 bridgehead atoms. The van der Waals surface area contributed by atoms with Gasteiger partial charge in [-0.05, 0) is 116 Å². The molecule has 2 heteroatoms. The molecule has 1 nitrogen and oxygen atoms in total. The van der Waals surface area contributed by atoms with Crippen molar-refractivity contribution in [2.75, 3.05) is 0 Å². The molecule has 2 heterocycles. The van der Waals surface area contributed by atoms with Crippen LogP contribution in [0, 0.1) is 0 Å². The van der Waals surface area contributed by atoms with E-state index in [9.17, 15) is 0 Å². The molecule has 11 aromatic rings. The maximum atomic E-state index is 2.55. The molecular weight excluding hydrogens is 755 g/mol. The predicted molar refractivity (Wildman–Crippen MR) is 260 cm³/mol. The van der Waals surface area contributed by atoms with E-state index in [1.807, 2.05) is 11.3 Å². The van der Waals surface area contributed by atoms with Crippen LogP contribution in [-0.4, -0.2) is 4.57 Å². The molecule has 1 unspecified atom stereocenters. The maximum Gasteiger partial charge on any atom is 0.0619 e. The molecule has 1 atom stereocenters. The Hall–Kier alpha value is -7.00. The van der Waals surface area contributed by atoms with Gasteiger partial charge in [0.05, 0.1) is 11.0 Å². The lowest BCUT2D eigenvalue weighted by Gasteiger charge is -2.31. The Bertz CT molecular complexity index is 3600. The van der Waals surface area contributed by atoms with Gasteiger partial charge >= 0.3 is 0 Å². The molecule has 0 radical (unpaired) electrons. The average molecular weight is 796 g/mol. The maximum absolute atomic E-state index is 2.55. The summed E-state index contributed by atoms with van der Waals surface area (Å²) in [6.07, 6.45) is 0.928. The van der Waals surface area contributed by atoms with E-state index in [2.05, 4.69) is 213 Å². The molecule has 0 N–H and O–H groups in total. The van der Waals surface area contributed by atoms with Crippen molar-refractivity contribution in [3.63, 3.8) is 0 Å². The van der Waals surface area contributed by atoms with Crippen LogP contribution >= 0.6 is 11.3 Å². The van der Waals surface area contributed by atoms with Gasteiger partial charge in [-0.3, -0.25) is 0 Å². The van der Waals surface area contributed by atoms with Gasteiger partial charge in [0, 0.05) is 53.5 Å². The summed E-state index contributed by atoms with van der Waals surface area (Å²) in [5.74, 6) is 0.197. The highest BCUT2D eigenvalue weighted by Gasteiger charge is 2.36. The molecule has 2 aromatic heterocycles. The summed E-state index contributed by atoms with van der Waals surface area (Å²) in [6.45, 7) is 4.78. The van der Waals surface area contributed by atoms with Gasteiger partial charge in [-0.1, -0.05) is 166 Å². The Morgan fingerprint density at radius 2 is 1.18 bits per heavy atom. The van der Waals surface area contributed by atoms with E-state index < -0.39 is 0 Å². The van der Waals surface area contributed by atoms with Crippen LogP contribution in [0.3, 0.4) is 0 Å². The van der Waals surface area contributed by atoms with Gasteiger partial charge in [-0.25, -0.2) is 0 Å². The van der Waals surface area contributed by atoms with Crippen molar-refractivity contribution in [2.45, 2.75) is 31.6 Å². The van der Waals surface area contributed by atoms with Gasteiger partial charge in [0.25, 0.3) is 0 Å².